The van der Waals surface area contributed by atoms with E-state index in [2.05, 4.69) is 112 Å². The number of unbranched alkanes of at least 4 members (excludes halogenated alkanes) is 1. The number of esters is 1. The van der Waals surface area contributed by atoms with Crippen molar-refractivity contribution in [2.24, 2.45) is 5.92 Å². The normalized spacial score (nSPS) is 20.0. The van der Waals surface area contributed by atoms with Crippen molar-refractivity contribution < 1.29 is 27.9 Å². The highest BCUT2D eigenvalue weighted by Gasteiger charge is 2.45. The summed E-state index contributed by atoms with van der Waals surface area (Å²) >= 11 is 0. The second kappa shape index (κ2) is 18.6. The first-order valence-corrected chi connectivity index (χ1v) is 26.7. The van der Waals surface area contributed by atoms with Gasteiger partial charge in [-0.1, -0.05) is 85.3 Å². The fraction of sp³-hybridized carbons (Fsp3) is 0.811. The molecule has 0 saturated heterocycles. The standard InChI is InChI=1S/C37H70O6Si3/c1-15-19-27-37(8,43-44(10,11)12)28-21-24-32-31(23-20-22-30(38)25-26-35(39)40-9)33(41-45(13,14)36(5,6)7)29-34(32)42-46(16-2,17-3)18-4/h21,24,30,32,34,38H,15-19,23,25-29H2,1-14H3/b24-21+/t30?,32-,34-,37?/m1/s1. The number of hydrogen-bond acceptors (Lipinski definition) is 6. The lowest BCUT2D eigenvalue weighted by Gasteiger charge is -2.37. The van der Waals surface area contributed by atoms with E-state index in [9.17, 15) is 9.90 Å². The number of rotatable bonds is 19. The van der Waals surface area contributed by atoms with E-state index < -0.39 is 31.1 Å². The molecule has 0 amide bonds. The van der Waals surface area contributed by atoms with Gasteiger partial charge in [-0.25, -0.2) is 0 Å². The minimum atomic E-state index is -2.14. The largest absolute Gasteiger partial charge is 0.546 e. The molecule has 266 valence electrons. The Morgan fingerprint density at radius 1 is 1.04 bits per heavy atom. The summed E-state index contributed by atoms with van der Waals surface area (Å²) in [6.07, 6.45) is 9.63. The van der Waals surface area contributed by atoms with Crippen LogP contribution in [0.1, 0.15) is 107 Å². The third-order valence-electron chi connectivity index (χ3n) is 9.97. The van der Waals surface area contributed by atoms with Gasteiger partial charge in [0.1, 0.15) is 6.10 Å². The zero-order valence-electron chi connectivity index (χ0n) is 32.2. The van der Waals surface area contributed by atoms with Crippen LogP contribution >= 0.6 is 0 Å². The molecule has 6 nitrogen and oxygen atoms in total. The van der Waals surface area contributed by atoms with Crippen molar-refractivity contribution in [1.82, 2.24) is 0 Å². The Morgan fingerprint density at radius 3 is 2.15 bits per heavy atom. The number of aliphatic hydroxyl groups is 1. The van der Waals surface area contributed by atoms with Crippen LogP contribution in [0, 0.1) is 17.8 Å². The molecule has 1 aliphatic carbocycles. The molecule has 0 fully saturated rings. The molecule has 0 radical (unpaired) electrons. The van der Waals surface area contributed by atoms with Gasteiger partial charge in [-0.05, 0) is 87.7 Å². The zero-order chi connectivity index (χ0) is 35.4. The van der Waals surface area contributed by atoms with E-state index in [4.69, 9.17) is 18.0 Å². The Kier molecular flexibility index (Phi) is 17.3. The Bertz CT molecular complexity index is 1060. The Labute approximate surface area is 286 Å². The molecule has 0 aromatic carbocycles. The smallest absolute Gasteiger partial charge is 0.305 e. The van der Waals surface area contributed by atoms with Gasteiger partial charge >= 0.3 is 5.97 Å². The molecule has 0 aromatic heterocycles. The third-order valence-corrected chi connectivity index (χ3v) is 20.1. The van der Waals surface area contributed by atoms with Crippen LogP contribution in [0.25, 0.3) is 0 Å². The van der Waals surface area contributed by atoms with E-state index in [1.54, 1.807) is 0 Å². The maximum Gasteiger partial charge on any atom is 0.305 e. The van der Waals surface area contributed by atoms with Crippen molar-refractivity contribution in [2.45, 2.75) is 180 Å². The molecule has 0 aromatic rings. The lowest BCUT2D eigenvalue weighted by Crippen LogP contribution is -2.42. The summed E-state index contributed by atoms with van der Waals surface area (Å²) in [5.74, 6) is 7.00. The van der Waals surface area contributed by atoms with Gasteiger partial charge in [0.05, 0.1) is 24.6 Å². The number of carbonyl (C=O) groups excluding carboxylic acids is 1. The van der Waals surface area contributed by atoms with E-state index in [-0.39, 0.29) is 41.5 Å². The predicted octanol–water partition coefficient (Wildman–Crippen LogP) is 10.1. The molecular formula is C37H70O6Si3. The second-order valence-corrected chi connectivity index (χ2v) is 29.8. The van der Waals surface area contributed by atoms with Crippen LogP contribution in [0.3, 0.4) is 0 Å². The van der Waals surface area contributed by atoms with Crippen LogP contribution in [-0.2, 0) is 22.8 Å². The van der Waals surface area contributed by atoms with Gasteiger partial charge < -0.3 is 23.1 Å². The first kappa shape index (κ1) is 42.9. The average molecular weight is 695 g/mol. The number of carbonyl (C=O) groups is 1. The van der Waals surface area contributed by atoms with Crippen LogP contribution < -0.4 is 0 Å². The van der Waals surface area contributed by atoms with Crippen molar-refractivity contribution in [3.8, 4) is 11.8 Å². The summed E-state index contributed by atoms with van der Waals surface area (Å²) in [5.41, 5.74) is 0.973. The van der Waals surface area contributed by atoms with Crippen LogP contribution in [0.5, 0.6) is 0 Å². The van der Waals surface area contributed by atoms with Crippen LogP contribution in [0.15, 0.2) is 23.5 Å². The topological polar surface area (TPSA) is 74.2 Å². The molecule has 1 rings (SSSR count). The molecule has 0 spiro atoms. The van der Waals surface area contributed by atoms with E-state index in [0.717, 1.165) is 56.0 Å². The highest BCUT2D eigenvalue weighted by Crippen LogP contribution is 2.45. The predicted molar refractivity (Wildman–Crippen MR) is 201 cm³/mol. The number of aliphatic hydroxyl groups excluding tert-OH is 1. The minimum Gasteiger partial charge on any atom is -0.546 e. The van der Waals surface area contributed by atoms with Gasteiger partial charge in [-0.2, -0.15) is 0 Å². The lowest BCUT2D eigenvalue weighted by atomic mass is 9.92. The molecule has 2 unspecified atom stereocenters. The quantitative estimate of drug-likeness (QED) is 0.0628. The van der Waals surface area contributed by atoms with E-state index in [1.807, 2.05) is 0 Å². The number of ether oxygens (including phenoxy) is 1. The summed E-state index contributed by atoms with van der Waals surface area (Å²) in [6.45, 7) is 29.6. The molecular weight excluding hydrogens is 625 g/mol. The van der Waals surface area contributed by atoms with E-state index >= 15 is 0 Å². The van der Waals surface area contributed by atoms with Gasteiger partial charge in [0.15, 0.2) is 16.6 Å². The van der Waals surface area contributed by atoms with Gasteiger partial charge in [-0.15, -0.1) is 0 Å². The maximum absolute atomic E-state index is 11.6. The maximum atomic E-state index is 11.6. The highest BCUT2D eigenvalue weighted by atomic mass is 28.4. The number of methoxy groups -OCH3 is 1. The van der Waals surface area contributed by atoms with Crippen LogP contribution in [0.4, 0.5) is 0 Å². The fourth-order valence-electron chi connectivity index (χ4n) is 5.95. The second-order valence-electron chi connectivity index (χ2n) is 16.0. The summed E-state index contributed by atoms with van der Waals surface area (Å²) < 4.78 is 25.9. The van der Waals surface area contributed by atoms with Crippen molar-refractivity contribution in [1.29, 1.82) is 0 Å². The van der Waals surface area contributed by atoms with Crippen LogP contribution in [0.2, 0.25) is 55.9 Å². The zero-order valence-corrected chi connectivity index (χ0v) is 35.2. The molecule has 0 heterocycles. The minimum absolute atomic E-state index is 0.00314. The van der Waals surface area contributed by atoms with Gasteiger partial charge in [-0.3, -0.25) is 4.79 Å². The van der Waals surface area contributed by atoms with Crippen molar-refractivity contribution in [3.63, 3.8) is 0 Å². The highest BCUT2D eigenvalue weighted by molar-refractivity contribution is 6.74. The molecule has 46 heavy (non-hydrogen) atoms. The number of hydrogen-bond donors (Lipinski definition) is 1. The van der Waals surface area contributed by atoms with Crippen LogP contribution in [-0.4, -0.2) is 60.9 Å². The average Bonchev–Trinajstić information content (AvgIpc) is 3.26. The SMILES string of the molecule is CCCCC(C)(C/C=C/[C@@H]1C(CC#CC(O)CCC(=O)OC)=C(O[Si](C)(C)C(C)(C)C)C[C@H]1O[Si](CC)(CC)CC)O[Si](C)(C)C. The molecule has 0 aliphatic heterocycles. The first-order valence-electron chi connectivity index (χ1n) is 17.9. The Hall–Kier alpha value is -1.16. The molecule has 0 saturated carbocycles. The Morgan fingerprint density at radius 2 is 1.65 bits per heavy atom. The molecule has 1 N–H and O–H groups in total. The monoisotopic (exact) mass is 694 g/mol. The molecule has 4 atom stereocenters. The van der Waals surface area contributed by atoms with Gasteiger partial charge in [0, 0.05) is 25.2 Å². The molecule has 1 aliphatic rings. The van der Waals surface area contributed by atoms with Crippen molar-refractivity contribution >= 4 is 30.9 Å². The van der Waals surface area contributed by atoms with E-state index in [0.29, 0.717) is 6.42 Å². The van der Waals surface area contributed by atoms with Gasteiger partial charge in [0.2, 0.25) is 8.32 Å². The summed E-state index contributed by atoms with van der Waals surface area (Å²) in [4.78, 5) is 11.6. The van der Waals surface area contributed by atoms with E-state index in [1.165, 1.54) is 12.7 Å². The van der Waals surface area contributed by atoms with Crippen molar-refractivity contribution in [3.05, 3.63) is 23.5 Å². The summed E-state index contributed by atoms with van der Waals surface area (Å²) in [5, 5.41) is 10.6. The lowest BCUT2D eigenvalue weighted by molar-refractivity contribution is -0.141. The summed E-state index contributed by atoms with van der Waals surface area (Å²) in [7, 11) is -4.45. The summed E-state index contributed by atoms with van der Waals surface area (Å²) in [6, 6.07) is 3.27. The van der Waals surface area contributed by atoms with Gasteiger partial charge in [0.25, 0.3) is 0 Å². The third kappa shape index (κ3) is 13.8. The Balaban J connectivity index is 3.64. The van der Waals surface area contributed by atoms with Crippen molar-refractivity contribution in [2.75, 3.05) is 7.11 Å². The molecule has 9 heteroatoms. The molecule has 0 bridgehead atoms. The first-order chi connectivity index (χ1) is 21.2. The fourth-order valence-corrected chi connectivity index (χ4v) is 11.6.